The fourth-order valence-electron chi connectivity index (χ4n) is 1.55. The molecule has 1 aromatic heterocycles. The third-order valence-electron chi connectivity index (χ3n) is 2.51. The SMILES string of the molecule is CCCc1nc(CSc2cc(C(=O)O)ccc2F)no1. The number of rotatable bonds is 6. The van der Waals surface area contributed by atoms with Crippen molar-refractivity contribution in [3.63, 3.8) is 0 Å². The first-order valence-corrected chi connectivity index (χ1v) is 7.05. The van der Waals surface area contributed by atoms with Crippen LogP contribution in [0.15, 0.2) is 27.6 Å². The van der Waals surface area contributed by atoms with E-state index in [0.717, 1.165) is 24.2 Å². The number of thioether (sulfide) groups is 1. The van der Waals surface area contributed by atoms with Gasteiger partial charge in [-0.15, -0.1) is 11.8 Å². The summed E-state index contributed by atoms with van der Waals surface area (Å²) in [5.74, 6) is -0.192. The van der Waals surface area contributed by atoms with Gasteiger partial charge in [0.1, 0.15) is 5.82 Å². The molecule has 5 nitrogen and oxygen atoms in total. The lowest BCUT2D eigenvalue weighted by molar-refractivity contribution is 0.0696. The summed E-state index contributed by atoms with van der Waals surface area (Å²) in [7, 11) is 0. The van der Waals surface area contributed by atoms with Crippen LogP contribution in [0.2, 0.25) is 0 Å². The summed E-state index contributed by atoms with van der Waals surface area (Å²) < 4.78 is 18.6. The van der Waals surface area contributed by atoms with Gasteiger partial charge in [0.2, 0.25) is 5.89 Å². The minimum absolute atomic E-state index is 0.0497. The van der Waals surface area contributed by atoms with Crippen LogP contribution in [-0.4, -0.2) is 21.2 Å². The van der Waals surface area contributed by atoms with E-state index >= 15 is 0 Å². The van der Waals surface area contributed by atoms with Crippen molar-refractivity contribution in [1.29, 1.82) is 0 Å². The third kappa shape index (κ3) is 3.57. The molecule has 1 aromatic carbocycles. The number of carboxylic acids is 1. The van der Waals surface area contributed by atoms with E-state index in [1.807, 2.05) is 6.92 Å². The molecule has 2 aromatic rings. The molecule has 106 valence electrons. The smallest absolute Gasteiger partial charge is 0.335 e. The predicted molar refractivity (Wildman–Crippen MR) is 71.2 cm³/mol. The molecule has 0 spiro atoms. The maximum Gasteiger partial charge on any atom is 0.335 e. The number of carbonyl (C=O) groups is 1. The molecule has 0 aliphatic rings. The Morgan fingerprint density at radius 3 is 3.00 bits per heavy atom. The number of halogens is 1. The van der Waals surface area contributed by atoms with Crippen molar-refractivity contribution in [2.24, 2.45) is 0 Å². The van der Waals surface area contributed by atoms with Gasteiger partial charge in [0.05, 0.1) is 11.3 Å². The quantitative estimate of drug-likeness (QED) is 0.825. The van der Waals surface area contributed by atoms with Crippen LogP contribution in [-0.2, 0) is 12.2 Å². The summed E-state index contributed by atoms with van der Waals surface area (Å²) in [4.78, 5) is 15.3. The average molecular weight is 296 g/mol. The van der Waals surface area contributed by atoms with Crippen LogP contribution in [0, 0.1) is 5.82 Å². The van der Waals surface area contributed by atoms with E-state index in [0.29, 0.717) is 23.9 Å². The van der Waals surface area contributed by atoms with Gasteiger partial charge in [0.25, 0.3) is 0 Å². The second-order valence-corrected chi connectivity index (χ2v) is 5.11. The Morgan fingerprint density at radius 2 is 2.30 bits per heavy atom. The molecule has 0 atom stereocenters. The molecule has 1 heterocycles. The lowest BCUT2D eigenvalue weighted by Crippen LogP contribution is -1.97. The minimum atomic E-state index is -1.09. The second-order valence-electron chi connectivity index (χ2n) is 4.09. The third-order valence-corrected chi connectivity index (χ3v) is 3.54. The molecule has 0 saturated carbocycles. The van der Waals surface area contributed by atoms with E-state index in [1.165, 1.54) is 12.1 Å². The molecule has 0 bridgehead atoms. The van der Waals surface area contributed by atoms with Crippen molar-refractivity contribution in [2.45, 2.75) is 30.4 Å². The Balaban J connectivity index is 2.05. The Morgan fingerprint density at radius 1 is 1.50 bits per heavy atom. The largest absolute Gasteiger partial charge is 0.478 e. The molecule has 0 amide bonds. The predicted octanol–water partition coefficient (Wildman–Crippen LogP) is 3.15. The average Bonchev–Trinajstić information content (AvgIpc) is 2.86. The monoisotopic (exact) mass is 296 g/mol. The summed E-state index contributed by atoms with van der Waals surface area (Å²) in [5, 5.41) is 12.7. The van der Waals surface area contributed by atoms with E-state index < -0.39 is 11.8 Å². The van der Waals surface area contributed by atoms with Crippen LogP contribution in [0.1, 0.15) is 35.4 Å². The van der Waals surface area contributed by atoms with Crippen molar-refractivity contribution in [1.82, 2.24) is 10.1 Å². The van der Waals surface area contributed by atoms with Gasteiger partial charge >= 0.3 is 5.97 Å². The van der Waals surface area contributed by atoms with E-state index in [4.69, 9.17) is 9.63 Å². The Bertz CT molecular complexity index is 615. The highest BCUT2D eigenvalue weighted by molar-refractivity contribution is 7.98. The number of benzene rings is 1. The van der Waals surface area contributed by atoms with Crippen LogP contribution in [0.25, 0.3) is 0 Å². The van der Waals surface area contributed by atoms with Gasteiger partial charge in [-0.3, -0.25) is 0 Å². The maximum atomic E-state index is 13.6. The molecular weight excluding hydrogens is 283 g/mol. The molecule has 20 heavy (non-hydrogen) atoms. The fourth-order valence-corrected chi connectivity index (χ4v) is 2.37. The van der Waals surface area contributed by atoms with Crippen molar-refractivity contribution < 1.29 is 18.8 Å². The minimum Gasteiger partial charge on any atom is -0.478 e. The number of aromatic nitrogens is 2. The van der Waals surface area contributed by atoms with Gasteiger partial charge in [-0.05, 0) is 24.6 Å². The maximum absolute atomic E-state index is 13.6. The molecule has 2 rings (SSSR count). The van der Waals surface area contributed by atoms with Crippen LogP contribution >= 0.6 is 11.8 Å². The zero-order chi connectivity index (χ0) is 14.5. The molecule has 0 saturated heterocycles. The molecule has 0 aliphatic carbocycles. The lowest BCUT2D eigenvalue weighted by atomic mass is 10.2. The van der Waals surface area contributed by atoms with Gasteiger partial charge in [-0.25, -0.2) is 9.18 Å². The summed E-state index contributed by atoms with van der Waals surface area (Å²) in [6, 6.07) is 3.68. The summed E-state index contributed by atoms with van der Waals surface area (Å²) in [6.07, 6.45) is 1.62. The lowest BCUT2D eigenvalue weighted by Gasteiger charge is -2.02. The highest BCUT2D eigenvalue weighted by Gasteiger charge is 2.11. The highest BCUT2D eigenvalue weighted by Crippen LogP contribution is 2.25. The van der Waals surface area contributed by atoms with Gasteiger partial charge in [-0.2, -0.15) is 4.98 Å². The number of nitrogens with zero attached hydrogens (tertiary/aromatic N) is 2. The first-order valence-electron chi connectivity index (χ1n) is 6.07. The Labute approximate surface area is 119 Å². The number of aromatic carboxylic acids is 1. The van der Waals surface area contributed by atoms with Crippen molar-refractivity contribution >= 4 is 17.7 Å². The number of hydrogen-bond donors (Lipinski definition) is 1. The molecule has 0 fully saturated rings. The van der Waals surface area contributed by atoms with Crippen molar-refractivity contribution in [3.8, 4) is 0 Å². The molecule has 1 N–H and O–H groups in total. The molecule has 0 unspecified atom stereocenters. The second kappa shape index (κ2) is 6.51. The number of hydrogen-bond acceptors (Lipinski definition) is 5. The highest BCUT2D eigenvalue weighted by atomic mass is 32.2. The van der Waals surface area contributed by atoms with Gasteiger partial charge in [0.15, 0.2) is 5.82 Å². The standard InChI is InChI=1S/C13H13FN2O3S/c1-2-3-12-15-11(16-19-12)7-20-10-6-8(13(17)18)4-5-9(10)14/h4-6H,2-3,7H2,1H3,(H,17,18). The summed E-state index contributed by atoms with van der Waals surface area (Å²) in [6.45, 7) is 2.01. The first kappa shape index (κ1) is 14.5. The van der Waals surface area contributed by atoms with E-state index in [1.54, 1.807) is 0 Å². The van der Waals surface area contributed by atoms with E-state index in [-0.39, 0.29) is 10.5 Å². The normalized spacial score (nSPS) is 10.7. The summed E-state index contributed by atoms with van der Waals surface area (Å²) in [5.41, 5.74) is 0.0497. The summed E-state index contributed by atoms with van der Waals surface area (Å²) >= 11 is 1.14. The number of aryl methyl sites for hydroxylation is 1. The molecular formula is C13H13FN2O3S. The zero-order valence-electron chi connectivity index (χ0n) is 10.8. The van der Waals surface area contributed by atoms with Crippen LogP contribution in [0.5, 0.6) is 0 Å². The van der Waals surface area contributed by atoms with Crippen molar-refractivity contribution in [3.05, 3.63) is 41.3 Å². The Hall–Kier alpha value is -1.89. The van der Waals surface area contributed by atoms with Gasteiger partial charge in [-0.1, -0.05) is 12.1 Å². The molecule has 7 heteroatoms. The topological polar surface area (TPSA) is 76.2 Å². The van der Waals surface area contributed by atoms with Gasteiger partial charge in [0, 0.05) is 11.3 Å². The zero-order valence-corrected chi connectivity index (χ0v) is 11.6. The van der Waals surface area contributed by atoms with E-state index in [9.17, 15) is 9.18 Å². The van der Waals surface area contributed by atoms with E-state index in [2.05, 4.69) is 10.1 Å². The van der Waals surface area contributed by atoms with Crippen molar-refractivity contribution in [2.75, 3.05) is 0 Å². The Kier molecular flexibility index (Phi) is 4.73. The fraction of sp³-hybridized carbons (Fsp3) is 0.308. The van der Waals surface area contributed by atoms with Crippen LogP contribution in [0.4, 0.5) is 4.39 Å². The molecule has 0 aliphatic heterocycles. The van der Waals surface area contributed by atoms with Gasteiger partial charge < -0.3 is 9.63 Å². The number of carboxylic acid groups (broad SMARTS) is 1. The van der Waals surface area contributed by atoms with Crippen LogP contribution < -0.4 is 0 Å². The first-order chi connectivity index (χ1) is 9.60. The molecule has 0 radical (unpaired) electrons. The van der Waals surface area contributed by atoms with Crippen LogP contribution in [0.3, 0.4) is 0 Å².